The van der Waals surface area contributed by atoms with E-state index in [1.807, 2.05) is 66.7 Å². The molecule has 3 aromatic carbocycles. The van der Waals surface area contributed by atoms with E-state index in [1.165, 1.54) is 11.3 Å². The van der Waals surface area contributed by atoms with Crippen molar-refractivity contribution in [1.82, 2.24) is 4.57 Å². The molecule has 8 nitrogen and oxygen atoms in total. The van der Waals surface area contributed by atoms with Crippen LogP contribution in [0.1, 0.15) is 29.7 Å². The summed E-state index contributed by atoms with van der Waals surface area (Å²) in [5, 5.41) is 0. The Hall–Kier alpha value is -3.99. The number of hydrogen-bond donors (Lipinski definition) is 0. The Balaban J connectivity index is 1.56. The van der Waals surface area contributed by atoms with E-state index in [9.17, 15) is 9.59 Å². The summed E-state index contributed by atoms with van der Waals surface area (Å²) >= 11 is 4.86. The Kier molecular flexibility index (Phi) is 8.60. The monoisotopic (exact) mass is 659 g/mol. The van der Waals surface area contributed by atoms with Crippen molar-refractivity contribution in [2.24, 2.45) is 4.99 Å². The second-order valence-electron chi connectivity index (χ2n) is 10.0. The SMILES string of the molecule is CCOC(=O)C1=C(c2ccccc2)N=c2s/c(=C\c3ccc(N4CCOCC4)cc3)c(=O)n2[C@H]1c1cc(Br)ccc1OC. The molecule has 0 saturated carbocycles. The number of aromatic nitrogens is 1. The highest BCUT2D eigenvalue weighted by atomic mass is 79.9. The highest BCUT2D eigenvalue weighted by molar-refractivity contribution is 9.10. The van der Waals surface area contributed by atoms with Gasteiger partial charge < -0.3 is 19.1 Å². The third-order valence-corrected chi connectivity index (χ3v) is 8.90. The summed E-state index contributed by atoms with van der Waals surface area (Å²) in [4.78, 5) is 35.6. The molecule has 6 rings (SSSR count). The Labute approximate surface area is 261 Å². The second kappa shape index (κ2) is 12.7. The van der Waals surface area contributed by atoms with Gasteiger partial charge in [0.25, 0.3) is 5.56 Å². The summed E-state index contributed by atoms with van der Waals surface area (Å²) in [6, 6.07) is 22.4. The molecule has 0 radical (unpaired) electrons. The maximum Gasteiger partial charge on any atom is 0.338 e. The van der Waals surface area contributed by atoms with Crippen molar-refractivity contribution in [2.75, 3.05) is 44.9 Å². The Morgan fingerprint density at radius 1 is 1.09 bits per heavy atom. The molecule has 1 fully saturated rings. The molecule has 0 aliphatic carbocycles. The van der Waals surface area contributed by atoms with Crippen LogP contribution in [0.5, 0.6) is 5.75 Å². The molecule has 0 unspecified atom stereocenters. The van der Waals surface area contributed by atoms with Crippen LogP contribution in [0.3, 0.4) is 0 Å². The van der Waals surface area contributed by atoms with Crippen LogP contribution in [0, 0.1) is 0 Å². The van der Waals surface area contributed by atoms with Gasteiger partial charge in [-0.1, -0.05) is 69.7 Å². The average molecular weight is 661 g/mol. The standard InChI is InChI=1S/C33H30BrN3O5S/c1-3-42-32(39)28-29(22-7-5-4-6-8-22)35-33-37(30(28)25-20-23(34)11-14-26(25)40-2)31(38)27(43-33)19-21-9-12-24(13-10-21)36-15-17-41-18-16-36/h4-14,19-20,30H,3,15-18H2,1-2H3/b27-19-/t30-/m0/s1. The number of rotatable bonds is 7. The van der Waals surface area contributed by atoms with Crippen molar-refractivity contribution in [3.8, 4) is 5.75 Å². The van der Waals surface area contributed by atoms with E-state index in [1.54, 1.807) is 18.6 Å². The smallest absolute Gasteiger partial charge is 0.338 e. The van der Waals surface area contributed by atoms with Gasteiger partial charge >= 0.3 is 5.97 Å². The van der Waals surface area contributed by atoms with Crippen molar-refractivity contribution < 1.29 is 19.0 Å². The Morgan fingerprint density at radius 2 is 1.84 bits per heavy atom. The lowest BCUT2D eigenvalue weighted by atomic mass is 9.92. The minimum atomic E-state index is -0.830. The molecule has 10 heteroatoms. The van der Waals surface area contributed by atoms with Gasteiger partial charge in [-0.2, -0.15) is 0 Å². The van der Waals surface area contributed by atoms with Crippen molar-refractivity contribution in [3.63, 3.8) is 0 Å². The van der Waals surface area contributed by atoms with E-state index in [4.69, 9.17) is 19.2 Å². The number of esters is 1. The number of fused-ring (bicyclic) bond motifs is 1. The number of carbonyl (C=O) groups excluding carboxylic acids is 1. The molecule has 2 aliphatic heterocycles. The number of ether oxygens (including phenoxy) is 3. The molecule has 3 heterocycles. The maximum atomic E-state index is 14.2. The van der Waals surface area contributed by atoms with Gasteiger partial charge in [0.2, 0.25) is 0 Å². The molecule has 2 aliphatic rings. The molecule has 1 saturated heterocycles. The predicted octanol–water partition coefficient (Wildman–Crippen LogP) is 4.54. The van der Waals surface area contributed by atoms with Crippen LogP contribution in [0.4, 0.5) is 5.69 Å². The van der Waals surface area contributed by atoms with Crippen LogP contribution in [-0.4, -0.2) is 50.6 Å². The van der Waals surface area contributed by atoms with Gasteiger partial charge in [0.15, 0.2) is 4.80 Å². The molecular formula is C33H30BrN3O5S. The number of hydrogen-bond acceptors (Lipinski definition) is 8. The summed E-state index contributed by atoms with van der Waals surface area (Å²) in [7, 11) is 1.57. The molecule has 0 bridgehead atoms. The predicted molar refractivity (Wildman–Crippen MR) is 171 cm³/mol. The zero-order valence-electron chi connectivity index (χ0n) is 23.8. The van der Waals surface area contributed by atoms with E-state index in [-0.39, 0.29) is 17.7 Å². The first-order valence-corrected chi connectivity index (χ1v) is 15.6. The van der Waals surface area contributed by atoms with Crippen molar-refractivity contribution in [1.29, 1.82) is 0 Å². The quantitative estimate of drug-likeness (QED) is 0.271. The zero-order valence-corrected chi connectivity index (χ0v) is 26.2. The summed E-state index contributed by atoms with van der Waals surface area (Å²) in [5.41, 5.74) is 3.91. The largest absolute Gasteiger partial charge is 0.496 e. The lowest BCUT2D eigenvalue weighted by Crippen LogP contribution is -2.40. The van der Waals surface area contributed by atoms with Gasteiger partial charge in [0, 0.05) is 34.4 Å². The number of carbonyl (C=O) groups is 1. The van der Waals surface area contributed by atoms with Gasteiger partial charge in [0.05, 0.1) is 42.7 Å². The maximum absolute atomic E-state index is 14.2. The minimum absolute atomic E-state index is 0.178. The van der Waals surface area contributed by atoms with Crippen LogP contribution in [0.25, 0.3) is 11.8 Å². The summed E-state index contributed by atoms with van der Waals surface area (Å²) in [6.07, 6.45) is 1.87. The number of benzene rings is 3. The first kappa shape index (κ1) is 29.1. The van der Waals surface area contributed by atoms with E-state index in [0.717, 1.165) is 34.4 Å². The van der Waals surface area contributed by atoms with Gasteiger partial charge in [-0.15, -0.1) is 0 Å². The van der Waals surface area contributed by atoms with Crippen LogP contribution >= 0.6 is 27.3 Å². The molecular weight excluding hydrogens is 630 g/mol. The molecule has 1 atom stereocenters. The number of halogens is 1. The van der Waals surface area contributed by atoms with E-state index in [2.05, 4.69) is 33.0 Å². The Morgan fingerprint density at radius 3 is 2.53 bits per heavy atom. The summed E-state index contributed by atoms with van der Waals surface area (Å²) < 4.78 is 19.7. The van der Waals surface area contributed by atoms with Gasteiger partial charge in [-0.05, 0) is 48.9 Å². The number of morpholine rings is 1. The minimum Gasteiger partial charge on any atom is -0.496 e. The van der Waals surface area contributed by atoms with Gasteiger partial charge in [-0.25, -0.2) is 9.79 Å². The lowest BCUT2D eigenvalue weighted by Gasteiger charge is -2.28. The highest BCUT2D eigenvalue weighted by Gasteiger charge is 2.36. The number of anilines is 1. The van der Waals surface area contributed by atoms with E-state index >= 15 is 0 Å². The fraction of sp³-hybridized carbons (Fsp3) is 0.242. The third-order valence-electron chi connectivity index (χ3n) is 7.43. The second-order valence-corrected chi connectivity index (χ2v) is 11.9. The first-order chi connectivity index (χ1) is 21.0. The normalized spacial score (nSPS) is 17.0. The highest BCUT2D eigenvalue weighted by Crippen LogP contribution is 2.39. The van der Waals surface area contributed by atoms with Gasteiger partial charge in [0.1, 0.15) is 11.8 Å². The number of thiazole rings is 1. The molecule has 0 spiro atoms. The number of methoxy groups -OCH3 is 1. The molecule has 0 N–H and O–H groups in total. The lowest BCUT2D eigenvalue weighted by molar-refractivity contribution is -0.138. The molecule has 43 heavy (non-hydrogen) atoms. The molecule has 220 valence electrons. The number of nitrogens with zero attached hydrogens (tertiary/aromatic N) is 3. The first-order valence-electron chi connectivity index (χ1n) is 14.0. The Bertz CT molecular complexity index is 1860. The van der Waals surface area contributed by atoms with Crippen molar-refractivity contribution >= 4 is 50.7 Å². The van der Waals surface area contributed by atoms with Crippen LogP contribution in [0.15, 0.2) is 92.6 Å². The molecule has 1 aromatic heterocycles. The zero-order chi connectivity index (χ0) is 29.9. The average Bonchev–Trinajstić information content (AvgIpc) is 3.35. The van der Waals surface area contributed by atoms with Crippen LogP contribution in [0.2, 0.25) is 0 Å². The third kappa shape index (κ3) is 5.82. The van der Waals surface area contributed by atoms with Crippen LogP contribution < -0.4 is 24.5 Å². The van der Waals surface area contributed by atoms with E-state index < -0.39 is 12.0 Å². The van der Waals surface area contributed by atoms with Crippen molar-refractivity contribution in [2.45, 2.75) is 13.0 Å². The fourth-order valence-corrected chi connectivity index (χ4v) is 6.79. The van der Waals surface area contributed by atoms with Crippen LogP contribution in [-0.2, 0) is 14.3 Å². The summed E-state index contributed by atoms with van der Waals surface area (Å²) in [6.45, 7) is 5.07. The fourth-order valence-electron chi connectivity index (χ4n) is 5.41. The molecule has 4 aromatic rings. The topological polar surface area (TPSA) is 82.4 Å². The molecule has 0 amide bonds. The van der Waals surface area contributed by atoms with Gasteiger partial charge in [-0.3, -0.25) is 9.36 Å². The van der Waals surface area contributed by atoms with E-state index in [0.29, 0.717) is 39.6 Å². The summed E-state index contributed by atoms with van der Waals surface area (Å²) in [5.74, 6) is 0.00250. The van der Waals surface area contributed by atoms with Crippen molar-refractivity contribution in [3.05, 3.63) is 119 Å².